The Morgan fingerprint density at radius 2 is 1.85 bits per heavy atom. The molecule has 1 atom stereocenters. The van der Waals surface area contributed by atoms with Gasteiger partial charge in [-0.05, 0) is 50.6 Å². The van der Waals surface area contributed by atoms with Crippen LogP contribution in [0.1, 0.15) is 37.9 Å². The highest BCUT2D eigenvalue weighted by atomic mass is 32.1. The highest BCUT2D eigenvalue weighted by Crippen LogP contribution is 2.40. The van der Waals surface area contributed by atoms with Gasteiger partial charge in [-0.25, -0.2) is 14.6 Å². The SMILES string of the molecule is CCOC(=O)C1=C(C)N=c2s/c(=C/c3ccc(OCC(=O)O)cc3)c(=O)n2[C@@H]1c1cccc(OC)c1OCC. The van der Waals surface area contributed by atoms with Gasteiger partial charge >= 0.3 is 11.9 Å². The molecule has 3 aromatic rings. The number of carboxylic acids is 1. The summed E-state index contributed by atoms with van der Waals surface area (Å²) in [6.45, 7) is 5.33. The van der Waals surface area contributed by atoms with Crippen molar-refractivity contribution in [2.45, 2.75) is 26.8 Å². The molecule has 204 valence electrons. The predicted molar refractivity (Wildman–Crippen MR) is 144 cm³/mol. The fraction of sp³-hybridized carbons (Fsp3) is 0.286. The average molecular weight is 553 g/mol. The number of carboxylic acid groups (broad SMARTS) is 1. The Morgan fingerprint density at radius 1 is 1.10 bits per heavy atom. The maximum Gasteiger partial charge on any atom is 0.341 e. The Hall–Kier alpha value is -4.38. The number of fused-ring (bicyclic) bond motifs is 1. The minimum Gasteiger partial charge on any atom is -0.493 e. The summed E-state index contributed by atoms with van der Waals surface area (Å²) >= 11 is 1.19. The van der Waals surface area contributed by atoms with E-state index in [0.29, 0.717) is 50.0 Å². The van der Waals surface area contributed by atoms with E-state index in [-0.39, 0.29) is 17.7 Å². The first kappa shape index (κ1) is 27.6. The molecule has 1 aromatic heterocycles. The van der Waals surface area contributed by atoms with E-state index in [9.17, 15) is 14.4 Å². The Morgan fingerprint density at radius 3 is 2.49 bits per heavy atom. The maximum atomic E-state index is 13.8. The highest BCUT2D eigenvalue weighted by molar-refractivity contribution is 7.07. The van der Waals surface area contributed by atoms with E-state index in [4.69, 9.17) is 24.1 Å². The Labute approximate surface area is 228 Å². The minimum absolute atomic E-state index is 0.162. The number of aliphatic carboxylic acids is 1. The molecule has 0 amide bonds. The van der Waals surface area contributed by atoms with Crippen molar-refractivity contribution in [2.24, 2.45) is 4.99 Å². The largest absolute Gasteiger partial charge is 0.493 e. The van der Waals surface area contributed by atoms with E-state index in [0.717, 1.165) is 0 Å². The van der Waals surface area contributed by atoms with Crippen molar-refractivity contribution in [3.8, 4) is 17.2 Å². The quantitative estimate of drug-likeness (QED) is 0.381. The summed E-state index contributed by atoms with van der Waals surface area (Å²) in [6.07, 6.45) is 1.71. The van der Waals surface area contributed by atoms with Crippen LogP contribution >= 0.6 is 11.3 Å². The second-order valence-electron chi connectivity index (χ2n) is 8.37. The number of esters is 1. The number of para-hydroxylation sites is 1. The number of thiazole rings is 1. The van der Waals surface area contributed by atoms with Crippen LogP contribution in [0.15, 0.2) is 63.5 Å². The summed E-state index contributed by atoms with van der Waals surface area (Å²) in [4.78, 5) is 42.8. The Balaban J connectivity index is 1.89. The van der Waals surface area contributed by atoms with Crippen molar-refractivity contribution in [3.63, 3.8) is 0 Å². The molecule has 0 aliphatic carbocycles. The first-order valence-corrected chi connectivity index (χ1v) is 13.0. The molecule has 0 saturated carbocycles. The van der Waals surface area contributed by atoms with Crippen molar-refractivity contribution >= 4 is 29.4 Å². The van der Waals surface area contributed by atoms with Crippen LogP contribution in [0, 0.1) is 0 Å². The van der Waals surface area contributed by atoms with Crippen LogP contribution < -0.4 is 29.1 Å². The monoisotopic (exact) mass is 552 g/mol. The molecule has 10 nitrogen and oxygen atoms in total. The highest BCUT2D eigenvalue weighted by Gasteiger charge is 2.35. The van der Waals surface area contributed by atoms with E-state index in [2.05, 4.69) is 4.99 Å². The molecule has 0 radical (unpaired) electrons. The number of ether oxygens (including phenoxy) is 4. The number of allylic oxidation sites excluding steroid dienone is 1. The zero-order valence-corrected chi connectivity index (χ0v) is 22.7. The normalized spacial score (nSPS) is 14.9. The summed E-state index contributed by atoms with van der Waals surface area (Å²) in [5, 5.41) is 8.79. The van der Waals surface area contributed by atoms with Gasteiger partial charge in [0.15, 0.2) is 22.9 Å². The van der Waals surface area contributed by atoms with Gasteiger partial charge in [0.1, 0.15) is 11.8 Å². The summed E-state index contributed by atoms with van der Waals surface area (Å²) in [7, 11) is 1.53. The van der Waals surface area contributed by atoms with Gasteiger partial charge in [0.25, 0.3) is 5.56 Å². The molecule has 11 heteroatoms. The first-order valence-electron chi connectivity index (χ1n) is 12.2. The van der Waals surface area contributed by atoms with Crippen molar-refractivity contribution in [1.82, 2.24) is 4.57 Å². The van der Waals surface area contributed by atoms with Crippen LogP contribution in [0.3, 0.4) is 0 Å². The summed E-state index contributed by atoms with van der Waals surface area (Å²) in [5.74, 6) is -0.349. The van der Waals surface area contributed by atoms with Gasteiger partial charge in [-0.1, -0.05) is 35.6 Å². The van der Waals surface area contributed by atoms with Crippen molar-refractivity contribution < 1.29 is 33.6 Å². The van der Waals surface area contributed by atoms with Crippen LogP contribution in [0.5, 0.6) is 17.2 Å². The van der Waals surface area contributed by atoms with Crippen molar-refractivity contribution in [3.05, 3.63) is 84.5 Å². The summed E-state index contributed by atoms with van der Waals surface area (Å²) < 4.78 is 23.9. The van der Waals surface area contributed by atoms with E-state index in [1.165, 1.54) is 23.0 Å². The van der Waals surface area contributed by atoms with Crippen molar-refractivity contribution in [2.75, 3.05) is 26.9 Å². The zero-order valence-electron chi connectivity index (χ0n) is 21.9. The van der Waals surface area contributed by atoms with E-state index in [1.807, 2.05) is 6.92 Å². The molecule has 39 heavy (non-hydrogen) atoms. The lowest BCUT2D eigenvalue weighted by Gasteiger charge is -2.26. The summed E-state index contributed by atoms with van der Waals surface area (Å²) in [6, 6.07) is 11.2. The number of nitrogens with zero attached hydrogens (tertiary/aromatic N) is 2. The second kappa shape index (κ2) is 12.0. The summed E-state index contributed by atoms with van der Waals surface area (Å²) in [5.41, 5.74) is 1.62. The van der Waals surface area contributed by atoms with E-state index < -0.39 is 24.6 Å². The molecule has 0 spiro atoms. The topological polar surface area (TPSA) is 126 Å². The molecule has 4 rings (SSSR count). The zero-order chi connectivity index (χ0) is 28.1. The van der Waals surface area contributed by atoms with Crippen LogP contribution in [0.4, 0.5) is 0 Å². The molecule has 0 saturated heterocycles. The molecule has 1 aliphatic heterocycles. The number of carbonyl (C=O) groups excluding carboxylic acids is 1. The lowest BCUT2D eigenvalue weighted by Crippen LogP contribution is -2.40. The second-order valence-corrected chi connectivity index (χ2v) is 9.37. The molecular weight excluding hydrogens is 524 g/mol. The average Bonchev–Trinajstić information content (AvgIpc) is 3.22. The van der Waals surface area contributed by atoms with Gasteiger partial charge in [0, 0.05) is 5.56 Å². The maximum absolute atomic E-state index is 13.8. The fourth-order valence-corrected chi connectivity index (χ4v) is 5.30. The van der Waals surface area contributed by atoms with Crippen LogP contribution in [0.2, 0.25) is 0 Å². The fourth-order valence-electron chi connectivity index (χ4n) is 4.25. The Kier molecular flexibility index (Phi) is 8.50. The molecule has 2 aromatic carbocycles. The number of rotatable bonds is 10. The predicted octanol–water partition coefficient (Wildman–Crippen LogP) is 2.67. The third-order valence-electron chi connectivity index (χ3n) is 5.87. The third-order valence-corrected chi connectivity index (χ3v) is 6.85. The molecular formula is C28H28N2O8S. The third kappa shape index (κ3) is 5.73. The standard InChI is InChI=1S/C28H28N2O8S/c1-5-36-25-19(8-7-9-20(25)35-4)24-23(27(34)37-6-2)16(3)29-28-30(24)26(33)21(39-28)14-17-10-12-18(13-11-17)38-15-22(31)32/h7-14,24H,5-6,15H2,1-4H3,(H,31,32)/b21-14+/t24-/m1/s1. The number of methoxy groups -OCH3 is 1. The lowest BCUT2D eigenvalue weighted by molar-refractivity contribution is -0.140. The number of hydrogen-bond donors (Lipinski definition) is 1. The van der Waals surface area contributed by atoms with Gasteiger partial charge in [0.05, 0.1) is 36.1 Å². The molecule has 1 aliphatic rings. The molecule has 0 bridgehead atoms. The van der Waals surface area contributed by atoms with Gasteiger partial charge in [-0.2, -0.15) is 0 Å². The van der Waals surface area contributed by atoms with Crippen LogP contribution in [0.25, 0.3) is 6.08 Å². The van der Waals surface area contributed by atoms with E-state index in [1.54, 1.807) is 62.4 Å². The smallest absolute Gasteiger partial charge is 0.341 e. The van der Waals surface area contributed by atoms with Gasteiger partial charge in [-0.15, -0.1) is 0 Å². The van der Waals surface area contributed by atoms with Crippen LogP contribution in [-0.2, 0) is 14.3 Å². The first-order chi connectivity index (χ1) is 18.8. The number of benzene rings is 2. The molecule has 1 N–H and O–H groups in total. The minimum atomic E-state index is -1.07. The van der Waals surface area contributed by atoms with Gasteiger partial charge in [0.2, 0.25) is 0 Å². The van der Waals surface area contributed by atoms with Crippen molar-refractivity contribution in [1.29, 1.82) is 0 Å². The number of hydrogen-bond acceptors (Lipinski definition) is 9. The number of carbonyl (C=O) groups is 2. The number of aromatic nitrogens is 1. The van der Waals surface area contributed by atoms with Gasteiger partial charge < -0.3 is 24.1 Å². The van der Waals surface area contributed by atoms with E-state index >= 15 is 0 Å². The lowest BCUT2D eigenvalue weighted by atomic mass is 9.94. The van der Waals surface area contributed by atoms with Crippen LogP contribution in [-0.4, -0.2) is 48.5 Å². The molecule has 0 fully saturated rings. The Bertz CT molecular complexity index is 1600. The molecule has 2 heterocycles. The molecule has 0 unspecified atom stereocenters. The van der Waals surface area contributed by atoms with Gasteiger partial charge in [-0.3, -0.25) is 9.36 Å².